The van der Waals surface area contributed by atoms with Gasteiger partial charge < -0.3 is 9.30 Å². The van der Waals surface area contributed by atoms with Crippen LogP contribution in [0.3, 0.4) is 0 Å². The zero-order chi connectivity index (χ0) is 23.7. The number of carbonyl (C=O) groups excluding carboxylic acids is 4. The molecule has 0 saturated carbocycles. The first-order valence-corrected chi connectivity index (χ1v) is 11.4. The summed E-state index contributed by atoms with van der Waals surface area (Å²) in [6.45, 7) is 5.89. The van der Waals surface area contributed by atoms with E-state index in [1.807, 2.05) is 26.0 Å². The van der Waals surface area contributed by atoms with Gasteiger partial charge in [0.1, 0.15) is 6.54 Å². The van der Waals surface area contributed by atoms with Gasteiger partial charge in [-0.1, -0.05) is 17.4 Å². The largest absolute Gasteiger partial charge is 0.465 e. The lowest BCUT2D eigenvalue weighted by atomic mass is 10.1. The minimum absolute atomic E-state index is 0.0536. The Labute approximate surface area is 194 Å². The van der Waals surface area contributed by atoms with Crippen molar-refractivity contribution < 1.29 is 23.9 Å². The van der Waals surface area contributed by atoms with Crippen molar-refractivity contribution in [1.82, 2.24) is 4.57 Å². The molecule has 0 N–H and O–H groups in total. The van der Waals surface area contributed by atoms with Gasteiger partial charge in [0, 0.05) is 18.4 Å². The molecule has 170 valence electrons. The summed E-state index contributed by atoms with van der Waals surface area (Å²) in [5.74, 6) is -1.39. The maximum Gasteiger partial charge on any atom is 0.326 e. The molecule has 8 nitrogen and oxygen atoms in total. The number of aromatic nitrogens is 1. The van der Waals surface area contributed by atoms with E-state index in [-0.39, 0.29) is 37.8 Å². The second-order valence-electron chi connectivity index (χ2n) is 7.79. The number of carbonyl (C=O) groups is 4. The number of ether oxygens (including phenoxy) is 1. The lowest BCUT2D eigenvalue weighted by Gasteiger charge is -2.13. The van der Waals surface area contributed by atoms with E-state index >= 15 is 0 Å². The monoisotopic (exact) mass is 465 g/mol. The Hall–Kier alpha value is -3.59. The molecule has 3 amide bonds. The molecule has 9 heteroatoms. The van der Waals surface area contributed by atoms with E-state index < -0.39 is 11.9 Å². The van der Waals surface area contributed by atoms with Gasteiger partial charge in [0.15, 0.2) is 4.80 Å². The number of aryl methyl sites for hydroxylation is 2. The fourth-order valence-corrected chi connectivity index (χ4v) is 5.13. The van der Waals surface area contributed by atoms with Crippen molar-refractivity contribution in [3.05, 3.63) is 57.9 Å². The number of fused-ring (bicyclic) bond motifs is 1. The topological polar surface area (TPSA) is 98.0 Å². The Bertz CT molecular complexity index is 1330. The van der Waals surface area contributed by atoms with Crippen molar-refractivity contribution in [1.29, 1.82) is 0 Å². The van der Waals surface area contributed by atoms with Crippen molar-refractivity contribution in [2.75, 3.05) is 11.5 Å². The number of rotatable bonds is 5. The molecule has 1 saturated heterocycles. The van der Waals surface area contributed by atoms with Crippen LogP contribution in [-0.4, -0.2) is 34.9 Å². The zero-order valence-corrected chi connectivity index (χ0v) is 19.4. The number of nitrogens with zero attached hydrogens (tertiary/aromatic N) is 3. The average molecular weight is 466 g/mol. The van der Waals surface area contributed by atoms with Crippen LogP contribution in [0, 0.1) is 13.8 Å². The van der Waals surface area contributed by atoms with Crippen LogP contribution in [0.25, 0.3) is 10.2 Å². The van der Waals surface area contributed by atoms with Crippen LogP contribution in [0.15, 0.2) is 41.4 Å². The fraction of sp³-hybridized carbons (Fsp3) is 0.292. The molecule has 0 aliphatic carbocycles. The molecule has 0 bridgehead atoms. The van der Waals surface area contributed by atoms with Crippen molar-refractivity contribution in [3.8, 4) is 0 Å². The highest BCUT2D eigenvalue weighted by molar-refractivity contribution is 7.16. The van der Waals surface area contributed by atoms with Crippen LogP contribution in [0.1, 0.15) is 41.3 Å². The number of benzene rings is 2. The summed E-state index contributed by atoms with van der Waals surface area (Å²) >= 11 is 1.33. The standard InChI is InChI=1S/C24H23N3O5S/c1-4-32-21(30)13-26-22-15(3)11-14(2)12-18(22)33-24(26)25-23(31)16-5-7-17(8-6-16)27-19(28)9-10-20(27)29/h5-8,11-12H,4,9-10,13H2,1-3H3. The SMILES string of the molecule is CCOC(=O)Cn1c(=NC(=O)c2ccc(N3C(=O)CCC3=O)cc2)sc2cc(C)cc(C)c21. The summed E-state index contributed by atoms with van der Waals surface area (Å²) in [6.07, 6.45) is 0.389. The minimum Gasteiger partial charge on any atom is -0.465 e. The molecule has 0 spiro atoms. The summed E-state index contributed by atoms with van der Waals surface area (Å²) in [6, 6.07) is 10.2. The molecule has 4 rings (SSSR count). The van der Waals surface area contributed by atoms with Crippen LogP contribution < -0.4 is 9.70 Å². The zero-order valence-electron chi connectivity index (χ0n) is 18.6. The van der Waals surface area contributed by atoms with Gasteiger partial charge in [0.25, 0.3) is 5.91 Å². The molecule has 33 heavy (non-hydrogen) atoms. The number of amides is 3. The van der Waals surface area contributed by atoms with Crippen LogP contribution in [0.5, 0.6) is 0 Å². The second-order valence-corrected chi connectivity index (χ2v) is 8.80. The molecule has 1 fully saturated rings. The maximum absolute atomic E-state index is 12.9. The van der Waals surface area contributed by atoms with E-state index in [1.54, 1.807) is 35.8 Å². The first-order valence-electron chi connectivity index (χ1n) is 10.6. The summed E-state index contributed by atoms with van der Waals surface area (Å²) in [4.78, 5) is 54.9. The summed E-state index contributed by atoms with van der Waals surface area (Å²) in [5.41, 5.74) is 3.63. The highest BCUT2D eigenvalue weighted by Crippen LogP contribution is 2.25. The molecule has 0 radical (unpaired) electrons. The molecule has 0 unspecified atom stereocenters. The van der Waals surface area contributed by atoms with Gasteiger partial charge >= 0.3 is 5.97 Å². The number of hydrogen-bond acceptors (Lipinski definition) is 6. The van der Waals surface area contributed by atoms with E-state index in [0.717, 1.165) is 26.2 Å². The molecule has 3 aromatic rings. The van der Waals surface area contributed by atoms with Crippen molar-refractivity contribution >= 4 is 50.9 Å². The van der Waals surface area contributed by atoms with Gasteiger partial charge in [0.05, 0.1) is 22.5 Å². The van der Waals surface area contributed by atoms with Crippen molar-refractivity contribution in [2.24, 2.45) is 4.99 Å². The Balaban J connectivity index is 1.72. The van der Waals surface area contributed by atoms with Crippen LogP contribution >= 0.6 is 11.3 Å². The van der Waals surface area contributed by atoms with Crippen molar-refractivity contribution in [2.45, 2.75) is 40.2 Å². The first kappa shape index (κ1) is 22.6. The molecular formula is C24H23N3O5S. The van der Waals surface area contributed by atoms with E-state index in [1.165, 1.54) is 11.3 Å². The second kappa shape index (κ2) is 9.11. The Morgan fingerprint density at radius 2 is 1.73 bits per heavy atom. The molecule has 2 heterocycles. The van der Waals surface area contributed by atoms with Gasteiger partial charge in [-0.2, -0.15) is 4.99 Å². The highest BCUT2D eigenvalue weighted by atomic mass is 32.1. The molecule has 1 aliphatic rings. The Morgan fingerprint density at radius 1 is 1.06 bits per heavy atom. The van der Waals surface area contributed by atoms with E-state index in [4.69, 9.17) is 4.74 Å². The number of imide groups is 1. The summed E-state index contributed by atoms with van der Waals surface area (Å²) < 4.78 is 7.74. The number of thiazole rings is 1. The normalized spacial score (nSPS) is 14.4. The van der Waals surface area contributed by atoms with Crippen molar-refractivity contribution in [3.63, 3.8) is 0 Å². The average Bonchev–Trinajstić information content (AvgIpc) is 3.27. The molecule has 1 aromatic heterocycles. The smallest absolute Gasteiger partial charge is 0.326 e. The van der Waals surface area contributed by atoms with E-state index in [2.05, 4.69) is 4.99 Å². The third kappa shape index (κ3) is 4.49. The summed E-state index contributed by atoms with van der Waals surface area (Å²) in [5, 5.41) is 0. The van der Waals surface area contributed by atoms with Gasteiger partial charge in [-0.15, -0.1) is 0 Å². The van der Waals surface area contributed by atoms with Crippen LogP contribution in [-0.2, 0) is 25.7 Å². The lowest BCUT2D eigenvalue weighted by molar-refractivity contribution is -0.143. The predicted octanol–water partition coefficient (Wildman–Crippen LogP) is 3.28. The Kier molecular flexibility index (Phi) is 6.24. The predicted molar refractivity (Wildman–Crippen MR) is 124 cm³/mol. The van der Waals surface area contributed by atoms with Crippen LogP contribution in [0.4, 0.5) is 5.69 Å². The van der Waals surface area contributed by atoms with Gasteiger partial charge in [-0.05, 0) is 62.2 Å². The summed E-state index contributed by atoms with van der Waals surface area (Å²) in [7, 11) is 0. The fourth-order valence-electron chi connectivity index (χ4n) is 3.93. The third-order valence-electron chi connectivity index (χ3n) is 5.33. The van der Waals surface area contributed by atoms with Gasteiger partial charge in [-0.25, -0.2) is 0 Å². The van der Waals surface area contributed by atoms with E-state index in [0.29, 0.717) is 16.1 Å². The third-order valence-corrected chi connectivity index (χ3v) is 6.35. The van der Waals surface area contributed by atoms with E-state index in [9.17, 15) is 19.2 Å². The lowest BCUT2D eigenvalue weighted by Crippen LogP contribution is -2.28. The number of esters is 1. The first-order chi connectivity index (χ1) is 15.8. The molecule has 1 aliphatic heterocycles. The number of hydrogen-bond donors (Lipinski definition) is 0. The molecular weight excluding hydrogens is 442 g/mol. The maximum atomic E-state index is 12.9. The Morgan fingerprint density at radius 3 is 2.36 bits per heavy atom. The molecule has 0 atom stereocenters. The highest BCUT2D eigenvalue weighted by Gasteiger charge is 2.30. The van der Waals surface area contributed by atoms with Crippen LogP contribution in [0.2, 0.25) is 0 Å². The molecule has 2 aromatic carbocycles. The minimum atomic E-state index is -0.487. The number of anilines is 1. The quantitative estimate of drug-likeness (QED) is 0.425. The van der Waals surface area contributed by atoms with Gasteiger partial charge in [-0.3, -0.25) is 24.1 Å². The van der Waals surface area contributed by atoms with Gasteiger partial charge in [0.2, 0.25) is 11.8 Å².